The second-order valence-corrected chi connectivity index (χ2v) is 7.05. The summed E-state index contributed by atoms with van der Waals surface area (Å²) in [4.78, 5) is 19.7. The van der Waals surface area contributed by atoms with Gasteiger partial charge in [-0.3, -0.25) is 9.78 Å². The zero-order valence-electron chi connectivity index (χ0n) is 15.7. The number of hydrogen-bond donors (Lipinski definition) is 2. The molecule has 0 fully saturated rings. The van der Waals surface area contributed by atoms with E-state index in [-0.39, 0.29) is 11.5 Å². The number of hydrogen-bond acceptors (Lipinski definition) is 4. The van der Waals surface area contributed by atoms with Gasteiger partial charge in [0.2, 0.25) is 5.95 Å². The smallest absolute Gasteiger partial charge is 0.263 e. The Kier molecular flexibility index (Phi) is 4.09. The van der Waals surface area contributed by atoms with Crippen LogP contribution in [0.1, 0.15) is 16.8 Å². The van der Waals surface area contributed by atoms with Gasteiger partial charge in [-0.15, -0.1) is 0 Å². The predicted octanol–water partition coefficient (Wildman–Crippen LogP) is 3.49. The average molecular weight is 381 g/mol. The minimum atomic E-state index is -0.262. The van der Waals surface area contributed by atoms with Gasteiger partial charge in [0, 0.05) is 6.42 Å². The molecule has 5 aromatic rings. The van der Waals surface area contributed by atoms with Crippen LogP contribution in [0.2, 0.25) is 0 Å². The van der Waals surface area contributed by atoms with Crippen LogP contribution in [0, 0.1) is 0 Å². The average Bonchev–Trinajstić information content (AvgIpc) is 3.06. The number of anilines is 1. The van der Waals surface area contributed by atoms with E-state index in [9.17, 15) is 4.79 Å². The highest BCUT2D eigenvalue weighted by molar-refractivity contribution is 5.87. The molecule has 29 heavy (non-hydrogen) atoms. The molecule has 3 N–H and O–H groups in total. The van der Waals surface area contributed by atoms with Crippen molar-refractivity contribution in [3.63, 3.8) is 0 Å². The van der Waals surface area contributed by atoms with Gasteiger partial charge < -0.3 is 5.73 Å². The number of rotatable bonds is 4. The van der Waals surface area contributed by atoms with Crippen LogP contribution in [-0.4, -0.2) is 19.7 Å². The molecule has 6 heteroatoms. The fourth-order valence-electron chi connectivity index (χ4n) is 3.79. The predicted molar refractivity (Wildman–Crippen MR) is 115 cm³/mol. The van der Waals surface area contributed by atoms with Crippen LogP contribution in [0.15, 0.2) is 77.6 Å². The van der Waals surface area contributed by atoms with E-state index in [0.29, 0.717) is 29.7 Å². The van der Waals surface area contributed by atoms with Crippen LogP contribution in [0.3, 0.4) is 0 Å². The molecule has 6 nitrogen and oxygen atoms in total. The number of nitrogens with zero attached hydrogens (tertiary/aromatic N) is 3. The molecular weight excluding hydrogens is 362 g/mol. The standard InChI is InChI=1S/C23H19N5O/c24-23-25-21-20(22(29)26-23)19(27-28(21)14-15-7-2-1-3-8-15)13-17-11-6-10-16-9-4-5-12-18(16)17/h1-12H,13-14H2,(H3,24,25,26,29). The molecule has 3 aromatic carbocycles. The number of nitrogens with one attached hydrogen (secondary N) is 1. The van der Waals surface area contributed by atoms with Crippen LogP contribution in [0.5, 0.6) is 0 Å². The number of nitrogen functional groups attached to an aromatic ring is 1. The number of nitrogens with two attached hydrogens (primary N) is 1. The molecule has 0 aliphatic carbocycles. The van der Waals surface area contributed by atoms with Crippen molar-refractivity contribution in [1.29, 1.82) is 0 Å². The van der Waals surface area contributed by atoms with Crippen molar-refractivity contribution in [2.45, 2.75) is 13.0 Å². The van der Waals surface area contributed by atoms with Gasteiger partial charge in [0.05, 0.1) is 12.2 Å². The Morgan fingerprint density at radius 1 is 0.931 bits per heavy atom. The largest absolute Gasteiger partial charge is 0.369 e. The fraction of sp³-hybridized carbons (Fsp3) is 0.0870. The molecule has 142 valence electrons. The molecule has 0 saturated heterocycles. The Hall–Kier alpha value is -3.93. The molecule has 5 rings (SSSR count). The Balaban J connectivity index is 1.66. The van der Waals surface area contributed by atoms with E-state index in [1.807, 2.05) is 48.5 Å². The summed E-state index contributed by atoms with van der Waals surface area (Å²) >= 11 is 0. The lowest BCUT2D eigenvalue weighted by Gasteiger charge is -2.05. The highest BCUT2D eigenvalue weighted by Crippen LogP contribution is 2.24. The maximum Gasteiger partial charge on any atom is 0.263 e. The molecular formula is C23H19N5O. The summed E-state index contributed by atoms with van der Waals surface area (Å²) in [5, 5.41) is 7.57. The van der Waals surface area contributed by atoms with Crippen molar-refractivity contribution in [3.05, 3.63) is 100.0 Å². The fourth-order valence-corrected chi connectivity index (χ4v) is 3.79. The summed E-state index contributed by atoms with van der Waals surface area (Å²) in [6, 6.07) is 24.4. The van der Waals surface area contributed by atoms with E-state index < -0.39 is 0 Å². The maximum atomic E-state index is 12.7. The first-order valence-corrected chi connectivity index (χ1v) is 9.45. The van der Waals surface area contributed by atoms with Gasteiger partial charge in [0.25, 0.3) is 5.56 Å². The third-order valence-corrected chi connectivity index (χ3v) is 5.11. The molecule has 2 aromatic heterocycles. The molecule has 0 aliphatic heterocycles. The Morgan fingerprint density at radius 2 is 1.69 bits per heavy atom. The van der Waals surface area contributed by atoms with Crippen LogP contribution in [0.25, 0.3) is 21.8 Å². The summed E-state index contributed by atoms with van der Waals surface area (Å²) in [7, 11) is 0. The molecule has 0 bridgehead atoms. The third kappa shape index (κ3) is 3.14. The van der Waals surface area contributed by atoms with Gasteiger partial charge in [-0.05, 0) is 21.9 Å². The van der Waals surface area contributed by atoms with Gasteiger partial charge in [0.1, 0.15) is 5.39 Å². The Morgan fingerprint density at radius 3 is 2.55 bits per heavy atom. The van der Waals surface area contributed by atoms with Crippen LogP contribution >= 0.6 is 0 Å². The maximum absolute atomic E-state index is 12.7. The van der Waals surface area contributed by atoms with Crippen molar-refractivity contribution >= 4 is 27.8 Å². The first kappa shape index (κ1) is 17.2. The second kappa shape index (κ2) is 6.91. The summed E-state index contributed by atoms with van der Waals surface area (Å²) in [5.74, 6) is 0.0911. The lowest BCUT2D eigenvalue weighted by molar-refractivity contribution is 0.691. The number of aromatic amines is 1. The van der Waals surface area contributed by atoms with E-state index in [4.69, 9.17) is 10.8 Å². The van der Waals surface area contributed by atoms with E-state index in [1.54, 1.807) is 4.68 Å². The summed E-state index contributed by atoms with van der Waals surface area (Å²) in [6.07, 6.45) is 0.536. The summed E-state index contributed by atoms with van der Waals surface area (Å²) < 4.78 is 1.76. The summed E-state index contributed by atoms with van der Waals surface area (Å²) in [6.45, 7) is 0.517. The zero-order chi connectivity index (χ0) is 19.8. The van der Waals surface area contributed by atoms with Crippen molar-refractivity contribution in [3.8, 4) is 0 Å². The van der Waals surface area contributed by atoms with Crippen LogP contribution in [0.4, 0.5) is 5.95 Å². The number of benzene rings is 3. The van der Waals surface area contributed by atoms with E-state index in [2.05, 4.69) is 34.2 Å². The minimum Gasteiger partial charge on any atom is -0.369 e. The minimum absolute atomic E-state index is 0.0911. The van der Waals surface area contributed by atoms with Crippen LogP contribution < -0.4 is 11.3 Å². The molecule has 0 amide bonds. The summed E-state index contributed by atoms with van der Waals surface area (Å²) in [5.41, 5.74) is 8.95. The lowest BCUT2D eigenvalue weighted by atomic mass is 10.0. The zero-order valence-corrected chi connectivity index (χ0v) is 15.7. The Bertz CT molecular complexity index is 1380. The molecule has 0 unspecified atom stereocenters. The molecule has 0 saturated carbocycles. The molecule has 0 spiro atoms. The molecule has 2 heterocycles. The SMILES string of the molecule is Nc1nc2c(c(Cc3cccc4ccccc34)nn2Cc2ccccc2)c(=O)[nH]1. The highest BCUT2D eigenvalue weighted by atomic mass is 16.1. The third-order valence-electron chi connectivity index (χ3n) is 5.11. The molecule has 0 radical (unpaired) electrons. The normalized spacial score (nSPS) is 11.3. The Labute approximate surface area is 166 Å². The monoisotopic (exact) mass is 381 g/mol. The number of fused-ring (bicyclic) bond motifs is 2. The van der Waals surface area contributed by atoms with Crippen LogP contribution in [-0.2, 0) is 13.0 Å². The number of aromatic nitrogens is 4. The van der Waals surface area contributed by atoms with Gasteiger partial charge >= 0.3 is 0 Å². The van der Waals surface area contributed by atoms with Crippen molar-refractivity contribution in [1.82, 2.24) is 19.7 Å². The second-order valence-electron chi connectivity index (χ2n) is 7.05. The van der Waals surface area contributed by atoms with Gasteiger partial charge in [-0.1, -0.05) is 72.8 Å². The first-order chi connectivity index (χ1) is 14.2. The quantitative estimate of drug-likeness (QED) is 0.499. The lowest BCUT2D eigenvalue weighted by Crippen LogP contribution is -2.13. The van der Waals surface area contributed by atoms with Gasteiger partial charge in [0.15, 0.2) is 5.65 Å². The van der Waals surface area contributed by atoms with Crippen molar-refractivity contribution in [2.24, 2.45) is 0 Å². The van der Waals surface area contributed by atoms with Crippen molar-refractivity contribution in [2.75, 3.05) is 5.73 Å². The topological polar surface area (TPSA) is 89.6 Å². The van der Waals surface area contributed by atoms with Gasteiger partial charge in [-0.2, -0.15) is 10.1 Å². The van der Waals surface area contributed by atoms with Gasteiger partial charge in [-0.25, -0.2) is 4.68 Å². The van der Waals surface area contributed by atoms with E-state index in [0.717, 1.165) is 21.9 Å². The molecule has 0 aliphatic rings. The highest BCUT2D eigenvalue weighted by Gasteiger charge is 2.17. The van der Waals surface area contributed by atoms with Crippen molar-refractivity contribution < 1.29 is 0 Å². The van der Waals surface area contributed by atoms with E-state index >= 15 is 0 Å². The first-order valence-electron chi connectivity index (χ1n) is 9.45. The van der Waals surface area contributed by atoms with E-state index in [1.165, 1.54) is 0 Å². The number of H-pyrrole nitrogens is 1. The molecule has 0 atom stereocenters.